The van der Waals surface area contributed by atoms with Crippen LogP contribution in [0.5, 0.6) is 0 Å². The molecule has 0 unspecified atom stereocenters. The summed E-state index contributed by atoms with van der Waals surface area (Å²) in [7, 11) is 1.83. The summed E-state index contributed by atoms with van der Waals surface area (Å²) in [6, 6.07) is 12.5. The molecule has 0 atom stereocenters. The van der Waals surface area contributed by atoms with Crippen LogP contribution in [0.1, 0.15) is 10.4 Å². The molecule has 2 rings (SSSR count). The third-order valence-electron chi connectivity index (χ3n) is 2.61. The summed E-state index contributed by atoms with van der Waals surface area (Å²) in [6.45, 7) is 0. The zero-order valence-electron chi connectivity index (χ0n) is 10.2. The number of hydrogen-bond donors (Lipinski definition) is 2. The third kappa shape index (κ3) is 3.49. The SMILES string of the molecule is CNc1ccc(C(=O)Nc2ccc(Br)c(Cl)c2)cc1. The lowest BCUT2D eigenvalue weighted by molar-refractivity contribution is 0.102. The monoisotopic (exact) mass is 338 g/mol. The topological polar surface area (TPSA) is 41.1 Å². The molecule has 2 N–H and O–H groups in total. The van der Waals surface area contributed by atoms with E-state index >= 15 is 0 Å². The molecule has 0 fully saturated rings. The van der Waals surface area contributed by atoms with Crippen molar-refractivity contribution in [3.05, 3.63) is 57.5 Å². The fourth-order valence-electron chi connectivity index (χ4n) is 1.57. The second kappa shape index (κ2) is 6.08. The molecule has 0 aromatic heterocycles. The van der Waals surface area contributed by atoms with Crippen LogP contribution in [0, 0.1) is 0 Å². The molecule has 2 aromatic rings. The van der Waals surface area contributed by atoms with Crippen molar-refractivity contribution in [2.24, 2.45) is 0 Å². The first-order valence-electron chi connectivity index (χ1n) is 5.64. The van der Waals surface area contributed by atoms with Crippen LogP contribution in [0.3, 0.4) is 0 Å². The molecule has 0 aliphatic carbocycles. The van der Waals surface area contributed by atoms with E-state index in [1.807, 2.05) is 19.2 Å². The number of nitrogens with one attached hydrogen (secondary N) is 2. The number of rotatable bonds is 3. The standard InChI is InChI=1S/C14H12BrClN2O/c1-17-10-4-2-9(3-5-10)14(19)18-11-6-7-12(15)13(16)8-11/h2-8,17H,1H3,(H,18,19). The van der Waals surface area contributed by atoms with E-state index in [0.717, 1.165) is 10.2 Å². The number of amides is 1. The average molecular weight is 340 g/mol. The van der Waals surface area contributed by atoms with Gasteiger partial charge in [-0.25, -0.2) is 0 Å². The van der Waals surface area contributed by atoms with Crippen molar-refractivity contribution in [1.29, 1.82) is 0 Å². The van der Waals surface area contributed by atoms with Crippen LogP contribution in [-0.4, -0.2) is 13.0 Å². The lowest BCUT2D eigenvalue weighted by Gasteiger charge is -2.07. The van der Waals surface area contributed by atoms with Crippen LogP contribution in [0.2, 0.25) is 5.02 Å². The molecule has 0 bridgehead atoms. The molecule has 0 heterocycles. The van der Waals surface area contributed by atoms with E-state index in [9.17, 15) is 4.79 Å². The number of anilines is 2. The Morgan fingerprint density at radius 3 is 2.32 bits per heavy atom. The Hall–Kier alpha value is -1.52. The summed E-state index contributed by atoms with van der Waals surface area (Å²) in [5, 5.41) is 6.36. The molecule has 19 heavy (non-hydrogen) atoms. The molecule has 0 saturated carbocycles. The van der Waals surface area contributed by atoms with E-state index in [1.54, 1.807) is 30.3 Å². The van der Waals surface area contributed by atoms with Crippen molar-refractivity contribution >= 4 is 44.8 Å². The quantitative estimate of drug-likeness (QED) is 0.870. The number of hydrogen-bond acceptors (Lipinski definition) is 2. The summed E-state index contributed by atoms with van der Waals surface area (Å²) in [5.41, 5.74) is 2.22. The van der Waals surface area contributed by atoms with E-state index in [4.69, 9.17) is 11.6 Å². The molecule has 0 saturated heterocycles. The fraction of sp³-hybridized carbons (Fsp3) is 0.0714. The van der Waals surface area contributed by atoms with Gasteiger partial charge in [-0.2, -0.15) is 0 Å². The zero-order chi connectivity index (χ0) is 13.8. The van der Waals surface area contributed by atoms with Gasteiger partial charge in [0.25, 0.3) is 5.91 Å². The predicted octanol–water partition coefficient (Wildman–Crippen LogP) is 4.40. The zero-order valence-corrected chi connectivity index (χ0v) is 12.5. The Balaban J connectivity index is 2.13. The highest BCUT2D eigenvalue weighted by atomic mass is 79.9. The van der Waals surface area contributed by atoms with Gasteiger partial charge in [-0.1, -0.05) is 11.6 Å². The normalized spacial score (nSPS) is 10.1. The summed E-state index contributed by atoms with van der Waals surface area (Å²) in [6.07, 6.45) is 0. The Labute approximate surface area is 125 Å². The van der Waals surface area contributed by atoms with Crippen molar-refractivity contribution in [3.8, 4) is 0 Å². The van der Waals surface area contributed by atoms with Gasteiger partial charge < -0.3 is 10.6 Å². The van der Waals surface area contributed by atoms with Gasteiger partial charge in [-0.15, -0.1) is 0 Å². The molecule has 0 aliphatic heterocycles. The largest absolute Gasteiger partial charge is 0.388 e. The summed E-state index contributed by atoms with van der Waals surface area (Å²) in [5.74, 6) is -0.166. The van der Waals surface area contributed by atoms with Gasteiger partial charge in [0.05, 0.1) is 5.02 Å². The maximum atomic E-state index is 12.0. The molecule has 3 nitrogen and oxygen atoms in total. The Bertz CT molecular complexity index is 599. The van der Waals surface area contributed by atoms with Crippen LogP contribution in [0.25, 0.3) is 0 Å². The van der Waals surface area contributed by atoms with Gasteiger partial charge >= 0.3 is 0 Å². The first kappa shape index (κ1) is 13.9. The second-order valence-electron chi connectivity index (χ2n) is 3.91. The van der Waals surface area contributed by atoms with Crippen LogP contribution >= 0.6 is 27.5 Å². The van der Waals surface area contributed by atoms with Gasteiger partial charge in [0.1, 0.15) is 0 Å². The first-order chi connectivity index (χ1) is 9.10. The maximum absolute atomic E-state index is 12.0. The van der Waals surface area contributed by atoms with E-state index in [0.29, 0.717) is 16.3 Å². The Morgan fingerprint density at radius 1 is 1.11 bits per heavy atom. The van der Waals surface area contributed by atoms with Crippen molar-refractivity contribution in [3.63, 3.8) is 0 Å². The summed E-state index contributed by atoms with van der Waals surface area (Å²) >= 11 is 9.28. The summed E-state index contributed by atoms with van der Waals surface area (Å²) in [4.78, 5) is 12.0. The molecule has 0 aliphatic rings. The average Bonchev–Trinajstić information content (AvgIpc) is 2.43. The maximum Gasteiger partial charge on any atom is 0.255 e. The van der Waals surface area contributed by atoms with E-state index in [2.05, 4.69) is 26.6 Å². The minimum absolute atomic E-state index is 0.166. The van der Waals surface area contributed by atoms with Crippen LogP contribution in [-0.2, 0) is 0 Å². The highest BCUT2D eigenvalue weighted by Crippen LogP contribution is 2.25. The lowest BCUT2D eigenvalue weighted by atomic mass is 10.2. The molecule has 0 spiro atoms. The molecule has 1 amide bonds. The summed E-state index contributed by atoms with van der Waals surface area (Å²) < 4.78 is 0.797. The van der Waals surface area contributed by atoms with Crippen LogP contribution in [0.4, 0.5) is 11.4 Å². The Kier molecular flexibility index (Phi) is 4.45. The van der Waals surface area contributed by atoms with Crippen molar-refractivity contribution < 1.29 is 4.79 Å². The van der Waals surface area contributed by atoms with Crippen LogP contribution in [0.15, 0.2) is 46.9 Å². The van der Waals surface area contributed by atoms with Crippen LogP contribution < -0.4 is 10.6 Å². The third-order valence-corrected chi connectivity index (χ3v) is 3.85. The molecular formula is C14H12BrClN2O. The molecule has 2 aromatic carbocycles. The highest BCUT2D eigenvalue weighted by Gasteiger charge is 2.07. The van der Waals surface area contributed by atoms with Gasteiger partial charge in [-0.05, 0) is 58.4 Å². The number of carbonyl (C=O) groups excluding carboxylic acids is 1. The molecule has 98 valence electrons. The van der Waals surface area contributed by atoms with E-state index in [-0.39, 0.29) is 5.91 Å². The first-order valence-corrected chi connectivity index (χ1v) is 6.81. The lowest BCUT2D eigenvalue weighted by Crippen LogP contribution is -2.11. The van der Waals surface area contributed by atoms with E-state index in [1.165, 1.54) is 0 Å². The van der Waals surface area contributed by atoms with Gasteiger partial charge in [-0.3, -0.25) is 4.79 Å². The van der Waals surface area contributed by atoms with Crippen molar-refractivity contribution in [1.82, 2.24) is 0 Å². The Morgan fingerprint density at radius 2 is 1.74 bits per heavy atom. The van der Waals surface area contributed by atoms with Gasteiger partial charge in [0.15, 0.2) is 0 Å². The van der Waals surface area contributed by atoms with Gasteiger partial charge in [0.2, 0.25) is 0 Å². The number of benzene rings is 2. The predicted molar refractivity (Wildman–Crippen MR) is 83.1 cm³/mol. The van der Waals surface area contributed by atoms with Gasteiger partial charge in [0, 0.05) is 28.5 Å². The number of carbonyl (C=O) groups is 1. The second-order valence-corrected chi connectivity index (χ2v) is 5.17. The smallest absolute Gasteiger partial charge is 0.255 e. The van der Waals surface area contributed by atoms with E-state index < -0.39 is 0 Å². The minimum Gasteiger partial charge on any atom is -0.388 e. The molecule has 0 radical (unpaired) electrons. The molecular weight excluding hydrogens is 328 g/mol. The minimum atomic E-state index is -0.166. The number of halogens is 2. The van der Waals surface area contributed by atoms with Crippen molar-refractivity contribution in [2.45, 2.75) is 0 Å². The molecule has 5 heteroatoms. The fourth-order valence-corrected chi connectivity index (χ4v) is 1.99. The highest BCUT2D eigenvalue weighted by molar-refractivity contribution is 9.10. The van der Waals surface area contributed by atoms with Crippen molar-refractivity contribution in [2.75, 3.05) is 17.7 Å².